The Morgan fingerprint density at radius 1 is 1.06 bits per heavy atom. The van der Waals surface area contributed by atoms with E-state index in [1.807, 2.05) is 29.3 Å². The Bertz CT molecular complexity index is 1130. The molecule has 2 aromatic heterocycles. The fraction of sp³-hybridized carbons (Fsp3) is 0.391. The van der Waals surface area contributed by atoms with E-state index in [-0.39, 0.29) is 11.8 Å². The molecule has 0 radical (unpaired) electrons. The molecule has 2 aliphatic heterocycles. The Hall–Kier alpha value is -3.42. The summed E-state index contributed by atoms with van der Waals surface area (Å²) < 4.78 is 7.31. The van der Waals surface area contributed by atoms with Gasteiger partial charge in [-0.3, -0.25) is 9.59 Å². The standard InChI is InChI=1S/C23H25N5O3/c1-16-14-19(25-31-16)21(30)26-10-8-23(9-11-26)22-24-15-20(18-6-4-3-5-7-18)27(22)12-13-28(23)17(2)29/h3-7,14-15H,8-13H2,1-2H3. The van der Waals surface area contributed by atoms with Crippen LogP contribution >= 0.6 is 0 Å². The zero-order chi connectivity index (χ0) is 21.6. The van der Waals surface area contributed by atoms with Crippen molar-refractivity contribution in [2.75, 3.05) is 19.6 Å². The summed E-state index contributed by atoms with van der Waals surface area (Å²) in [5.74, 6) is 1.44. The number of benzene rings is 1. The van der Waals surface area contributed by atoms with Crippen LogP contribution in [0.2, 0.25) is 0 Å². The number of fused-ring (bicyclic) bond motifs is 2. The van der Waals surface area contributed by atoms with Crippen molar-refractivity contribution in [1.82, 2.24) is 24.5 Å². The predicted octanol–water partition coefficient (Wildman–Crippen LogP) is 2.84. The van der Waals surface area contributed by atoms with Crippen molar-refractivity contribution in [2.45, 2.75) is 38.8 Å². The van der Waals surface area contributed by atoms with Crippen LogP contribution in [0.15, 0.2) is 47.1 Å². The quantitative estimate of drug-likeness (QED) is 0.638. The first-order valence-electron chi connectivity index (χ1n) is 10.6. The van der Waals surface area contributed by atoms with Crippen LogP contribution in [-0.2, 0) is 16.9 Å². The van der Waals surface area contributed by atoms with Crippen molar-refractivity contribution in [3.63, 3.8) is 0 Å². The van der Waals surface area contributed by atoms with Crippen molar-refractivity contribution in [3.8, 4) is 11.3 Å². The van der Waals surface area contributed by atoms with E-state index in [0.717, 1.165) is 17.1 Å². The van der Waals surface area contributed by atoms with Gasteiger partial charge < -0.3 is 18.9 Å². The van der Waals surface area contributed by atoms with Crippen LogP contribution in [-0.4, -0.2) is 56.0 Å². The zero-order valence-electron chi connectivity index (χ0n) is 17.7. The molecule has 5 rings (SSSR count). The van der Waals surface area contributed by atoms with Crippen LogP contribution in [0.5, 0.6) is 0 Å². The lowest BCUT2D eigenvalue weighted by Crippen LogP contribution is -2.59. The summed E-state index contributed by atoms with van der Waals surface area (Å²) in [6.07, 6.45) is 3.19. The Labute approximate surface area is 180 Å². The summed E-state index contributed by atoms with van der Waals surface area (Å²) in [6.45, 7) is 5.79. The van der Waals surface area contributed by atoms with E-state index in [2.05, 4.69) is 21.9 Å². The Morgan fingerprint density at radius 3 is 2.45 bits per heavy atom. The number of piperidine rings is 1. The number of likely N-dealkylation sites (tertiary alicyclic amines) is 1. The maximum atomic E-state index is 12.8. The highest BCUT2D eigenvalue weighted by molar-refractivity contribution is 5.92. The SMILES string of the molecule is CC(=O)N1CCn2c(-c3ccccc3)cnc2C12CCN(C(=O)c1cc(C)on1)CC2. The van der Waals surface area contributed by atoms with Crippen LogP contribution < -0.4 is 0 Å². The molecule has 0 bridgehead atoms. The first kappa shape index (κ1) is 19.5. The predicted molar refractivity (Wildman–Crippen MR) is 113 cm³/mol. The van der Waals surface area contributed by atoms with Gasteiger partial charge in [-0.15, -0.1) is 0 Å². The molecule has 0 atom stereocenters. The van der Waals surface area contributed by atoms with Crippen molar-refractivity contribution >= 4 is 11.8 Å². The first-order chi connectivity index (χ1) is 15.0. The highest BCUT2D eigenvalue weighted by Crippen LogP contribution is 2.42. The van der Waals surface area contributed by atoms with Crippen LogP contribution in [0.25, 0.3) is 11.3 Å². The van der Waals surface area contributed by atoms with E-state index >= 15 is 0 Å². The maximum Gasteiger partial charge on any atom is 0.276 e. The average molecular weight is 419 g/mol. The van der Waals surface area contributed by atoms with E-state index in [0.29, 0.717) is 50.5 Å². The summed E-state index contributed by atoms with van der Waals surface area (Å²) in [6, 6.07) is 11.9. The van der Waals surface area contributed by atoms with Crippen LogP contribution in [0.4, 0.5) is 0 Å². The van der Waals surface area contributed by atoms with E-state index in [4.69, 9.17) is 9.51 Å². The number of carbonyl (C=O) groups is 2. The number of rotatable bonds is 2. The molecule has 4 heterocycles. The third-order valence-corrected chi connectivity index (χ3v) is 6.51. The monoisotopic (exact) mass is 419 g/mol. The third-order valence-electron chi connectivity index (χ3n) is 6.51. The molecular formula is C23H25N5O3. The maximum absolute atomic E-state index is 12.8. The lowest BCUT2D eigenvalue weighted by Gasteiger charge is -2.50. The van der Waals surface area contributed by atoms with Crippen molar-refractivity contribution in [2.24, 2.45) is 0 Å². The topological polar surface area (TPSA) is 84.5 Å². The number of amides is 2. The summed E-state index contributed by atoms with van der Waals surface area (Å²) in [5, 5.41) is 3.86. The molecule has 2 aliphatic rings. The minimum absolute atomic E-state index is 0.0439. The molecule has 8 nitrogen and oxygen atoms in total. The molecule has 8 heteroatoms. The van der Waals surface area contributed by atoms with Gasteiger partial charge >= 0.3 is 0 Å². The van der Waals surface area contributed by atoms with Gasteiger partial charge in [-0.05, 0) is 25.3 Å². The van der Waals surface area contributed by atoms with Gasteiger partial charge in [0.05, 0.1) is 11.9 Å². The van der Waals surface area contributed by atoms with Gasteiger partial charge in [0, 0.05) is 39.2 Å². The van der Waals surface area contributed by atoms with Gasteiger partial charge in [0.15, 0.2) is 5.69 Å². The molecule has 2 amide bonds. The second-order valence-electron chi connectivity index (χ2n) is 8.30. The fourth-order valence-corrected chi connectivity index (χ4v) is 5.01. The molecule has 1 aromatic carbocycles. The van der Waals surface area contributed by atoms with Gasteiger partial charge in [0.2, 0.25) is 5.91 Å². The van der Waals surface area contributed by atoms with E-state index in [9.17, 15) is 9.59 Å². The van der Waals surface area contributed by atoms with Crippen LogP contribution in [0.3, 0.4) is 0 Å². The molecule has 1 fully saturated rings. The average Bonchev–Trinajstić information content (AvgIpc) is 3.41. The van der Waals surface area contributed by atoms with Crippen molar-refractivity contribution in [1.29, 1.82) is 0 Å². The molecular weight excluding hydrogens is 394 g/mol. The normalized spacial score (nSPS) is 17.6. The number of nitrogens with zero attached hydrogens (tertiary/aromatic N) is 5. The number of hydrogen-bond donors (Lipinski definition) is 0. The number of imidazole rings is 1. The Morgan fingerprint density at radius 2 is 1.81 bits per heavy atom. The van der Waals surface area contributed by atoms with Gasteiger partial charge in [-0.1, -0.05) is 35.5 Å². The Kier molecular flexibility index (Phi) is 4.64. The molecule has 1 spiro atoms. The zero-order valence-corrected chi connectivity index (χ0v) is 17.7. The second-order valence-corrected chi connectivity index (χ2v) is 8.30. The van der Waals surface area contributed by atoms with Gasteiger partial charge in [-0.2, -0.15) is 0 Å². The van der Waals surface area contributed by atoms with Crippen LogP contribution in [0, 0.1) is 6.92 Å². The summed E-state index contributed by atoms with van der Waals surface area (Å²) in [4.78, 5) is 34.0. The largest absolute Gasteiger partial charge is 0.361 e. The highest BCUT2D eigenvalue weighted by Gasteiger charge is 2.49. The highest BCUT2D eigenvalue weighted by atomic mass is 16.5. The number of hydrogen-bond acceptors (Lipinski definition) is 5. The smallest absolute Gasteiger partial charge is 0.276 e. The number of carbonyl (C=O) groups excluding carboxylic acids is 2. The van der Waals surface area contributed by atoms with E-state index in [1.54, 1.807) is 24.8 Å². The molecule has 1 saturated heterocycles. The molecule has 0 saturated carbocycles. The molecule has 0 aliphatic carbocycles. The minimum atomic E-state index is -0.506. The van der Waals surface area contributed by atoms with Crippen LogP contribution in [0.1, 0.15) is 41.8 Å². The molecule has 0 N–H and O–H groups in total. The second kappa shape index (κ2) is 7.37. The summed E-state index contributed by atoms with van der Waals surface area (Å²) in [5.41, 5.74) is 2.00. The van der Waals surface area contributed by atoms with Gasteiger partial charge in [-0.25, -0.2) is 4.98 Å². The minimum Gasteiger partial charge on any atom is -0.361 e. The number of aromatic nitrogens is 3. The lowest BCUT2D eigenvalue weighted by atomic mass is 9.83. The van der Waals surface area contributed by atoms with Crippen molar-refractivity contribution < 1.29 is 14.1 Å². The fourth-order valence-electron chi connectivity index (χ4n) is 5.01. The molecule has 31 heavy (non-hydrogen) atoms. The first-order valence-corrected chi connectivity index (χ1v) is 10.6. The molecule has 3 aromatic rings. The van der Waals surface area contributed by atoms with E-state index < -0.39 is 5.54 Å². The van der Waals surface area contributed by atoms with Gasteiger partial charge in [0.25, 0.3) is 5.91 Å². The van der Waals surface area contributed by atoms with Gasteiger partial charge in [0.1, 0.15) is 17.1 Å². The number of aryl methyl sites for hydroxylation is 1. The summed E-state index contributed by atoms with van der Waals surface area (Å²) in [7, 11) is 0. The van der Waals surface area contributed by atoms with E-state index in [1.165, 1.54) is 0 Å². The molecule has 160 valence electrons. The third kappa shape index (κ3) is 3.13. The van der Waals surface area contributed by atoms with Crippen molar-refractivity contribution in [3.05, 3.63) is 59.9 Å². The molecule has 0 unspecified atom stereocenters. The lowest BCUT2D eigenvalue weighted by molar-refractivity contribution is -0.140. The summed E-state index contributed by atoms with van der Waals surface area (Å²) >= 11 is 0. The Balaban J connectivity index is 1.47.